The van der Waals surface area contributed by atoms with Gasteiger partial charge in [0.2, 0.25) is 5.58 Å². The summed E-state index contributed by atoms with van der Waals surface area (Å²) in [6, 6.07) is 16.5. The fourth-order valence-electron chi connectivity index (χ4n) is 4.72. The molecule has 31 heavy (non-hydrogen) atoms. The van der Waals surface area contributed by atoms with Gasteiger partial charge in [-0.05, 0) is 36.8 Å². The normalized spacial score (nSPS) is 12.3. The number of para-hydroxylation sites is 1. The van der Waals surface area contributed by atoms with Crippen molar-refractivity contribution in [3.8, 4) is 0 Å². The Kier molecular flexibility index (Phi) is 2.88. The third kappa shape index (κ3) is 2.01. The molecule has 7 aromatic rings. The molecule has 0 amide bonds. The molecule has 4 heterocycles. The van der Waals surface area contributed by atoms with Gasteiger partial charge in [-0.3, -0.25) is 0 Å². The van der Waals surface area contributed by atoms with E-state index in [1.807, 2.05) is 49.4 Å². The monoisotopic (exact) mass is 407 g/mol. The van der Waals surface area contributed by atoms with Crippen LogP contribution in [0.3, 0.4) is 0 Å². The van der Waals surface area contributed by atoms with Crippen LogP contribution in [0, 0.1) is 6.92 Å². The van der Waals surface area contributed by atoms with Crippen molar-refractivity contribution < 1.29 is 13.3 Å². The minimum atomic E-state index is -0.516. The molecular weight excluding hydrogens is 394 g/mol. The van der Waals surface area contributed by atoms with E-state index in [1.165, 1.54) is 6.07 Å². The van der Waals surface area contributed by atoms with Crippen LogP contribution in [0.25, 0.3) is 65.7 Å². The Morgan fingerprint density at radius 2 is 1.45 bits per heavy atom. The highest BCUT2D eigenvalue weighted by Gasteiger charge is 2.20. The SMILES string of the molecule is Cc1cc2oc(=O)ccc2c2c1[nH]c1c2ccc2c1oc(=O)c1oc3ccccc3c12. The van der Waals surface area contributed by atoms with Crippen molar-refractivity contribution in [2.75, 3.05) is 0 Å². The van der Waals surface area contributed by atoms with E-state index in [0.29, 0.717) is 16.7 Å². The van der Waals surface area contributed by atoms with E-state index in [0.717, 1.165) is 48.9 Å². The number of aromatic amines is 1. The number of furan rings is 1. The maximum atomic E-state index is 12.8. The fourth-order valence-corrected chi connectivity index (χ4v) is 4.72. The first-order chi connectivity index (χ1) is 15.1. The second-order valence-corrected chi connectivity index (χ2v) is 7.79. The van der Waals surface area contributed by atoms with Crippen LogP contribution in [-0.4, -0.2) is 4.98 Å². The smallest absolute Gasteiger partial charge is 0.380 e. The molecule has 0 saturated carbocycles. The number of aromatic nitrogens is 1. The van der Waals surface area contributed by atoms with E-state index >= 15 is 0 Å². The number of rotatable bonds is 0. The summed E-state index contributed by atoms with van der Waals surface area (Å²) in [5.74, 6) is 0. The van der Waals surface area contributed by atoms with Gasteiger partial charge in [-0.25, -0.2) is 9.59 Å². The van der Waals surface area contributed by atoms with Crippen molar-refractivity contribution >= 4 is 65.7 Å². The Balaban J connectivity index is 1.76. The average Bonchev–Trinajstić information content (AvgIpc) is 3.34. The number of H-pyrrole nitrogens is 1. The highest BCUT2D eigenvalue weighted by Crippen LogP contribution is 2.39. The van der Waals surface area contributed by atoms with Gasteiger partial charge in [0.25, 0.3) is 0 Å². The summed E-state index contributed by atoms with van der Waals surface area (Å²) < 4.78 is 17.0. The summed E-state index contributed by atoms with van der Waals surface area (Å²) in [7, 11) is 0. The van der Waals surface area contributed by atoms with Gasteiger partial charge in [-0.15, -0.1) is 0 Å². The van der Waals surface area contributed by atoms with E-state index in [-0.39, 0.29) is 5.58 Å². The molecule has 0 aliphatic heterocycles. The Labute approximate surface area is 172 Å². The Morgan fingerprint density at radius 3 is 2.35 bits per heavy atom. The molecule has 148 valence electrons. The van der Waals surface area contributed by atoms with Crippen LogP contribution in [0.5, 0.6) is 0 Å². The van der Waals surface area contributed by atoms with Crippen molar-refractivity contribution in [1.82, 2.24) is 4.98 Å². The second kappa shape index (κ2) is 5.43. The van der Waals surface area contributed by atoms with Gasteiger partial charge in [0.05, 0.1) is 11.0 Å². The zero-order chi connectivity index (χ0) is 20.9. The van der Waals surface area contributed by atoms with Gasteiger partial charge >= 0.3 is 11.3 Å². The first kappa shape index (κ1) is 16.5. The summed E-state index contributed by atoms with van der Waals surface area (Å²) in [5.41, 5.74) is 3.51. The zero-order valence-electron chi connectivity index (χ0n) is 16.2. The summed E-state index contributed by atoms with van der Waals surface area (Å²) in [5, 5.41) is 5.05. The molecule has 6 nitrogen and oxygen atoms in total. The molecule has 0 atom stereocenters. The van der Waals surface area contributed by atoms with Crippen LogP contribution in [0.2, 0.25) is 0 Å². The summed E-state index contributed by atoms with van der Waals surface area (Å²) in [4.78, 5) is 28.0. The number of hydrogen-bond donors (Lipinski definition) is 1. The molecule has 7 rings (SSSR count). The fraction of sp³-hybridized carbons (Fsp3) is 0.0400. The van der Waals surface area contributed by atoms with E-state index in [9.17, 15) is 9.59 Å². The minimum absolute atomic E-state index is 0.215. The van der Waals surface area contributed by atoms with Crippen molar-refractivity contribution in [1.29, 1.82) is 0 Å². The van der Waals surface area contributed by atoms with E-state index < -0.39 is 11.3 Å². The second-order valence-electron chi connectivity index (χ2n) is 7.79. The predicted molar refractivity (Wildman–Crippen MR) is 120 cm³/mol. The number of hydrogen-bond acceptors (Lipinski definition) is 5. The summed E-state index contributed by atoms with van der Waals surface area (Å²) in [6.07, 6.45) is 0. The molecule has 0 fully saturated rings. The van der Waals surface area contributed by atoms with Gasteiger partial charge in [0, 0.05) is 38.4 Å². The lowest BCUT2D eigenvalue weighted by atomic mass is 10.0. The largest absolute Gasteiger partial charge is 0.448 e. The quantitative estimate of drug-likeness (QED) is 0.324. The first-order valence-corrected chi connectivity index (χ1v) is 9.86. The number of aryl methyl sites for hydroxylation is 1. The van der Waals surface area contributed by atoms with Gasteiger partial charge in [-0.1, -0.05) is 24.3 Å². The summed E-state index contributed by atoms with van der Waals surface area (Å²) >= 11 is 0. The molecular formula is C25H13NO5. The molecule has 0 saturated heterocycles. The molecule has 0 bridgehead atoms. The third-order valence-electron chi connectivity index (χ3n) is 6.05. The van der Waals surface area contributed by atoms with Gasteiger partial charge < -0.3 is 18.2 Å². The Morgan fingerprint density at radius 1 is 0.677 bits per heavy atom. The average molecular weight is 407 g/mol. The van der Waals surface area contributed by atoms with Crippen LogP contribution in [-0.2, 0) is 0 Å². The van der Waals surface area contributed by atoms with E-state index in [1.54, 1.807) is 6.07 Å². The van der Waals surface area contributed by atoms with Crippen molar-refractivity contribution in [2.45, 2.75) is 6.92 Å². The number of benzene rings is 3. The van der Waals surface area contributed by atoms with Gasteiger partial charge in [0.15, 0.2) is 5.58 Å². The van der Waals surface area contributed by atoms with Crippen LogP contribution in [0.15, 0.2) is 77.4 Å². The van der Waals surface area contributed by atoms with E-state index in [2.05, 4.69) is 4.98 Å². The van der Waals surface area contributed by atoms with Crippen LogP contribution in [0.1, 0.15) is 5.56 Å². The van der Waals surface area contributed by atoms with Crippen molar-refractivity contribution in [3.63, 3.8) is 0 Å². The molecule has 4 aromatic heterocycles. The standard InChI is InChI=1S/C25H13NO5/c1-11-10-17-13(8-9-18(27)29-17)19-14-6-7-15-20-12-4-2-3-5-16(12)30-24(20)25(28)31-23(15)22(14)26-21(11)19/h2-10,26H,1H3. The lowest BCUT2D eigenvalue weighted by molar-refractivity contribution is 0.546. The third-order valence-corrected chi connectivity index (χ3v) is 6.05. The number of fused-ring (bicyclic) bond motifs is 11. The zero-order valence-corrected chi connectivity index (χ0v) is 16.2. The van der Waals surface area contributed by atoms with Crippen molar-refractivity contribution in [3.05, 3.63) is 81.0 Å². The highest BCUT2D eigenvalue weighted by molar-refractivity contribution is 6.27. The summed E-state index contributed by atoms with van der Waals surface area (Å²) in [6.45, 7) is 1.95. The molecule has 0 radical (unpaired) electrons. The molecule has 6 heteroatoms. The van der Waals surface area contributed by atoms with Gasteiger partial charge in [0.1, 0.15) is 11.2 Å². The molecule has 0 unspecified atom stereocenters. The topological polar surface area (TPSA) is 89.4 Å². The van der Waals surface area contributed by atoms with E-state index in [4.69, 9.17) is 13.3 Å². The molecule has 3 aromatic carbocycles. The lowest BCUT2D eigenvalue weighted by Gasteiger charge is -2.02. The molecule has 1 N–H and O–H groups in total. The van der Waals surface area contributed by atoms with Gasteiger partial charge in [-0.2, -0.15) is 0 Å². The minimum Gasteiger partial charge on any atom is -0.448 e. The van der Waals surface area contributed by atoms with Crippen LogP contribution >= 0.6 is 0 Å². The highest BCUT2D eigenvalue weighted by atomic mass is 16.4. The molecule has 0 spiro atoms. The van der Waals surface area contributed by atoms with Crippen LogP contribution in [0.4, 0.5) is 0 Å². The van der Waals surface area contributed by atoms with Crippen LogP contribution < -0.4 is 11.3 Å². The molecule has 0 aliphatic carbocycles. The Bertz CT molecular complexity index is 2000. The number of nitrogens with one attached hydrogen (secondary N) is 1. The first-order valence-electron chi connectivity index (χ1n) is 9.86. The maximum absolute atomic E-state index is 12.8. The lowest BCUT2D eigenvalue weighted by Crippen LogP contribution is -1.97. The Hall–Kier alpha value is -4.32. The predicted octanol–water partition coefficient (Wildman–Crippen LogP) is 5.74. The van der Waals surface area contributed by atoms with Crippen molar-refractivity contribution in [2.24, 2.45) is 0 Å². The maximum Gasteiger partial charge on any atom is 0.380 e. The molecule has 0 aliphatic rings.